The second-order valence-corrected chi connectivity index (χ2v) is 7.56. The van der Waals surface area contributed by atoms with Crippen molar-refractivity contribution >= 4 is 28.7 Å². The number of anilines is 1. The van der Waals surface area contributed by atoms with Crippen molar-refractivity contribution in [2.75, 3.05) is 5.32 Å². The number of aromatic amines is 1. The molecular weight excluding hydrogens is 395 g/mol. The lowest BCUT2D eigenvalue weighted by Gasteiger charge is -2.10. The van der Waals surface area contributed by atoms with E-state index in [4.69, 9.17) is 11.6 Å². The number of halogens is 2. The molecule has 0 bridgehead atoms. The summed E-state index contributed by atoms with van der Waals surface area (Å²) in [4.78, 5) is 17.4. The van der Waals surface area contributed by atoms with Crippen molar-refractivity contribution in [3.8, 4) is 11.4 Å². The van der Waals surface area contributed by atoms with Crippen LogP contribution in [0.2, 0.25) is 5.02 Å². The Morgan fingerprint density at radius 1 is 1.34 bits per heavy atom. The molecule has 1 saturated carbocycles. The minimum absolute atomic E-state index is 0.317. The van der Waals surface area contributed by atoms with Gasteiger partial charge in [-0.3, -0.25) is 9.89 Å². The third-order valence-corrected chi connectivity index (χ3v) is 5.31. The average molecular weight is 411 g/mol. The predicted molar refractivity (Wildman–Crippen MR) is 107 cm³/mol. The van der Waals surface area contributed by atoms with Crippen molar-refractivity contribution in [3.63, 3.8) is 0 Å². The number of hydrogen-bond acceptors (Lipinski definition) is 4. The Labute approximate surface area is 169 Å². The third-order valence-electron chi connectivity index (χ3n) is 4.99. The van der Waals surface area contributed by atoms with Gasteiger partial charge in [0.15, 0.2) is 5.82 Å². The molecule has 1 aliphatic rings. The van der Waals surface area contributed by atoms with E-state index in [0.29, 0.717) is 33.5 Å². The fourth-order valence-electron chi connectivity index (χ4n) is 3.27. The zero-order valence-corrected chi connectivity index (χ0v) is 16.2. The summed E-state index contributed by atoms with van der Waals surface area (Å²) in [6.07, 6.45) is 4.85. The van der Waals surface area contributed by atoms with Crippen molar-refractivity contribution < 1.29 is 9.18 Å². The van der Waals surface area contributed by atoms with Crippen LogP contribution in [0.15, 0.2) is 36.7 Å². The van der Waals surface area contributed by atoms with E-state index in [2.05, 4.69) is 25.6 Å². The van der Waals surface area contributed by atoms with Crippen molar-refractivity contribution in [1.82, 2.24) is 24.8 Å². The molecule has 0 unspecified atom stereocenters. The van der Waals surface area contributed by atoms with Gasteiger partial charge in [-0.2, -0.15) is 10.2 Å². The van der Waals surface area contributed by atoms with Gasteiger partial charge in [-0.05, 0) is 49.6 Å². The molecule has 1 aliphatic carbocycles. The van der Waals surface area contributed by atoms with Crippen LogP contribution in [0.4, 0.5) is 10.1 Å². The number of pyridine rings is 1. The molecule has 3 aromatic heterocycles. The van der Waals surface area contributed by atoms with Gasteiger partial charge in [0, 0.05) is 11.5 Å². The minimum Gasteiger partial charge on any atom is -0.320 e. The number of fused-ring (bicyclic) bond motifs is 1. The van der Waals surface area contributed by atoms with Gasteiger partial charge >= 0.3 is 0 Å². The van der Waals surface area contributed by atoms with Crippen LogP contribution in [0.3, 0.4) is 0 Å². The molecule has 0 saturated heterocycles. The Bertz CT molecular complexity index is 1260. The second kappa shape index (κ2) is 6.66. The quantitative estimate of drug-likeness (QED) is 0.523. The van der Waals surface area contributed by atoms with E-state index in [1.54, 1.807) is 12.1 Å². The Kier molecular flexibility index (Phi) is 4.09. The van der Waals surface area contributed by atoms with Gasteiger partial charge in [0.25, 0.3) is 5.91 Å². The normalized spacial score (nSPS) is 13.8. The topological polar surface area (TPSA) is 88.0 Å². The predicted octanol–water partition coefficient (Wildman–Crippen LogP) is 4.35. The maximum atomic E-state index is 13.4. The lowest BCUT2D eigenvalue weighted by atomic mass is 10.1. The van der Waals surface area contributed by atoms with Gasteiger partial charge in [-0.25, -0.2) is 13.9 Å². The van der Waals surface area contributed by atoms with Crippen LogP contribution < -0.4 is 5.32 Å². The zero-order chi connectivity index (χ0) is 20.1. The fourth-order valence-corrected chi connectivity index (χ4v) is 3.53. The molecule has 9 heteroatoms. The van der Waals surface area contributed by atoms with E-state index in [1.165, 1.54) is 29.0 Å². The van der Waals surface area contributed by atoms with Crippen LogP contribution in [0, 0.1) is 12.7 Å². The van der Waals surface area contributed by atoms with Crippen molar-refractivity contribution in [3.05, 3.63) is 64.5 Å². The van der Waals surface area contributed by atoms with E-state index in [9.17, 15) is 9.18 Å². The zero-order valence-electron chi connectivity index (χ0n) is 15.4. The van der Waals surface area contributed by atoms with Crippen LogP contribution in [-0.2, 0) is 0 Å². The Morgan fingerprint density at radius 2 is 2.17 bits per heavy atom. The summed E-state index contributed by atoms with van der Waals surface area (Å²) in [5.74, 6) is 1.10. The van der Waals surface area contributed by atoms with Crippen molar-refractivity contribution in [2.24, 2.45) is 0 Å². The molecule has 0 spiro atoms. The molecule has 1 amide bonds. The molecule has 1 fully saturated rings. The number of amides is 1. The first kappa shape index (κ1) is 17.8. The third kappa shape index (κ3) is 3.25. The highest BCUT2D eigenvalue weighted by Gasteiger charge is 2.27. The lowest BCUT2D eigenvalue weighted by molar-refractivity contribution is 0.102. The summed E-state index contributed by atoms with van der Waals surface area (Å²) in [7, 11) is 0. The molecule has 146 valence electrons. The monoisotopic (exact) mass is 410 g/mol. The van der Waals surface area contributed by atoms with E-state index < -0.39 is 11.7 Å². The standard InChI is InChI=1S/C20H16ClFN6O/c1-10-6-15(21)16(7-13(10)19-25-18(26-27-19)11-2-3-11)24-20(29)14-8-23-28-9-12(22)4-5-17(14)28/h4-9,11H,2-3H2,1H3,(H,24,29)(H,25,26,27). The number of hydrogen-bond donors (Lipinski definition) is 2. The number of aryl methyl sites for hydroxylation is 1. The summed E-state index contributed by atoms with van der Waals surface area (Å²) < 4.78 is 14.7. The fraction of sp³-hybridized carbons (Fsp3) is 0.200. The second-order valence-electron chi connectivity index (χ2n) is 7.16. The molecule has 0 radical (unpaired) electrons. The van der Waals surface area contributed by atoms with Gasteiger partial charge in [0.2, 0.25) is 0 Å². The first-order chi connectivity index (χ1) is 14.0. The van der Waals surface area contributed by atoms with Crippen LogP contribution in [-0.4, -0.2) is 30.7 Å². The van der Waals surface area contributed by atoms with Gasteiger partial charge in [0.1, 0.15) is 11.6 Å². The number of H-pyrrole nitrogens is 1. The number of nitrogens with one attached hydrogen (secondary N) is 2. The van der Waals surface area contributed by atoms with E-state index >= 15 is 0 Å². The van der Waals surface area contributed by atoms with Crippen LogP contribution in [0.1, 0.15) is 40.5 Å². The molecule has 0 aliphatic heterocycles. The molecule has 1 aromatic carbocycles. The number of nitrogens with zero attached hydrogens (tertiary/aromatic N) is 4. The maximum Gasteiger partial charge on any atom is 0.259 e. The summed E-state index contributed by atoms with van der Waals surface area (Å²) in [5.41, 5.74) is 2.94. The Morgan fingerprint density at radius 3 is 2.97 bits per heavy atom. The molecule has 2 N–H and O–H groups in total. The number of rotatable bonds is 4. The minimum atomic E-state index is -0.434. The molecule has 7 nitrogen and oxygen atoms in total. The smallest absolute Gasteiger partial charge is 0.259 e. The molecule has 4 aromatic rings. The number of aromatic nitrogens is 5. The SMILES string of the molecule is Cc1cc(Cl)c(NC(=O)c2cnn3cc(F)ccc23)cc1-c1n[nH]c(C2CC2)n1. The van der Waals surface area contributed by atoms with Gasteiger partial charge in [-0.1, -0.05) is 11.6 Å². The summed E-state index contributed by atoms with van der Waals surface area (Å²) in [6.45, 7) is 1.92. The first-order valence-electron chi connectivity index (χ1n) is 9.16. The number of benzene rings is 1. The van der Waals surface area contributed by atoms with Crippen molar-refractivity contribution in [1.29, 1.82) is 0 Å². The van der Waals surface area contributed by atoms with Gasteiger partial charge in [-0.15, -0.1) is 0 Å². The summed E-state index contributed by atoms with van der Waals surface area (Å²) >= 11 is 6.37. The molecule has 29 heavy (non-hydrogen) atoms. The maximum absolute atomic E-state index is 13.4. The van der Waals surface area contributed by atoms with Crippen LogP contribution in [0.25, 0.3) is 16.9 Å². The lowest BCUT2D eigenvalue weighted by Crippen LogP contribution is -2.12. The van der Waals surface area contributed by atoms with Crippen molar-refractivity contribution in [2.45, 2.75) is 25.7 Å². The Hall–Kier alpha value is -3.26. The average Bonchev–Trinajstić information content (AvgIpc) is 3.27. The molecular formula is C20H16ClFN6O. The summed E-state index contributed by atoms with van der Waals surface area (Å²) in [5, 5.41) is 14.6. The van der Waals surface area contributed by atoms with E-state index in [0.717, 1.165) is 29.8 Å². The number of carbonyl (C=O) groups excluding carboxylic acids is 1. The van der Waals surface area contributed by atoms with Gasteiger partial charge < -0.3 is 5.32 Å². The largest absolute Gasteiger partial charge is 0.320 e. The highest BCUT2D eigenvalue weighted by molar-refractivity contribution is 6.34. The highest BCUT2D eigenvalue weighted by Crippen LogP contribution is 2.39. The summed E-state index contributed by atoms with van der Waals surface area (Å²) in [6, 6.07) is 6.32. The molecule has 5 rings (SSSR count). The van der Waals surface area contributed by atoms with Crippen LogP contribution in [0.5, 0.6) is 0 Å². The Balaban J connectivity index is 1.47. The molecule has 0 atom stereocenters. The first-order valence-corrected chi connectivity index (χ1v) is 9.54. The van der Waals surface area contributed by atoms with E-state index in [-0.39, 0.29) is 0 Å². The van der Waals surface area contributed by atoms with Crippen LogP contribution >= 0.6 is 11.6 Å². The number of carbonyl (C=O) groups is 1. The van der Waals surface area contributed by atoms with Gasteiger partial charge in [0.05, 0.1) is 34.2 Å². The highest BCUT2D eigenvalue weighted by atomic mass is 35.5. The van der Waals surface area contributed by atoms with E-state index in [1.807, 2.05) is 6.92 Å². The molecule has 3 heterocycles.